The van der Waals surface area contributed by atoms with E-state index in [0.29, 0.717) is 12.5 Å². The SMILES string of the molecule is CC(C)COCC(O)CNc1cc(F)ccc1F. The van der Waals surface area contributed by atoms with Crippen LogP contribution in [0.3, 0.4) is 0 Å². The summed E-state index contributed by atoms with van der Waals surface area (Å²) in [6, 6.07) is 3.14. The average Bonchev–Trinajstić information content (AvgIpc) is 2.30. The summed E-state index contributed by atoms with van der Waals surface area (Å²) >= 11 is 0. The lowest BCUT2D eigenvalue weighted by Gasteiger charge is -2.14. The van der Waals surface area contributed by atoms with Gasteiger partial charge in [0.25, 0.3) is 0 Å². The molecule has 1 aromatic carbocycles. The largest absolute Gasteiger partial charge is 0.389 e. The fourth-order valence-corrected chi connectivity index (χ4v) is 1.36. The first kappa shape index (κ1) is 14.9. The normalized spacial score (nSPS) is 12.8. The first-order valence-electron chi connectivity index (χ1n) is 5.93. The number of aliphatic hydroxyl groups excluding tert-OH is 1. The number of benzene rings is 1. The molecule has 0 saturated carbocycles. The topological polar surface area (TPSA) is 41.5 Å². The minimum Gasteiger partial charge on any atom is -0.389 e. The van der Waals surface area contributed by atoms with Crippen LogP contribution in [0, 0.1) is 17.6 Å². The highest BCUT2D eigenvalue weighted by molar-refractivity contribution is 5.44. The Morgan fingerprint density at radius 1 is 1.28 bits per heavy atom. The van der Waals surface area contributed by atoms with E-state index >= 15 is 0 Å². The zero-order chi connectivity index (χ0) is 13.5. The zero-order valence-corrected chi connectivity index (χ0v) is 10.6. The van der Waals surface area contributed by atoms with Gasteiger partial charge in [-0.1, -0.05) is 13.8 Å². The van der Waals surface area contributed by atoms with E-state index < -0.39 is 17.7 Å². The van der Waals surface area contributed by atoms with Gasteiger partial charge in [0, 0.05) is 13.2 Å². The minimum absolute atomic E-state index is 0.0397. The van der Waals surface area contributed by atoms with Gasteiger partial charge in [-0.05, 0) is 24.1 Å². The van der Waals surface area contributed by atoms with E-state index in [9.17, 15) is 13.9 Å². The van der Waals surface area contributed by atoms with E-state index in [1.165, 1.54) is 0 Å². The van der Waals surface area contributed by atoms with Crippen LogP contribution in [0.2, 0.25) is 0 Å². The molecular weight excluding hydrogens is 240 g/mol. The minimum atomic E-state index is -0.758. The smallest absolute Gasteiger partial charge is 0.146 e. The quantitative estimate of drug-likeness (QED) is 0.790. The average molecular weight is 259 g/mol. The van der Waals surface area contributed by atoms with Gasteiger partial charge < -0.3 is 15.2 Å². The number of rotatable bonds is 7. The first-order chi connectivity index (χ1) is 8.49. The molecule has 0 aromatic heterocycles. The van der Waals surface area contributed by atoms with Crippen molar-refractivity contribution >= 4 is 5.69 Å². The van der Waals surface area contributed by atoms with Crippen molar-refractivity contribution < 1.29 is 18.6 Å². The third-order valence-corrected chi connectivity index (χ3v) is 2.22. The summed E-state index contributed by atoms with van der Waals surface area (Å²) in [6.07, 6.45) is -0.758. The monoisotopic (exact) mass is 259 g/mol. The van der Waals surface area contributed by atoms with Crippen molar-refractivity contribution in [3.63, 3.8) is 0 Å². The van der Waals surface area contributed by atoms with Crippen LogP contribution in [0.5, 0.6) is 0 Å². The maximum absolute atomic E-state index is 13.2. The van der Waals surface area contributed by atoms with Crippen molar-refractivity contribution in [2.45, 2.75) is 20.0 Å². The van der Waals surface area contributed by atoms with E-state index in [2.05, 4.69) is 5.32 Å². The lowest BCUT2D eigenvalue weighted by atomic mass is 10.2. The fraction of sp³-hybridized carbons (Fsp3) is 0.538. The van der Waals surface area contributed by atoms with E-state index in [-0.39, 0.29) is 18.8 Å². The van der Waals surface area contributed by atoms with Gasteiger partial charge in [-0.3, -0.25) is 0 Å². The van der Waals surface area contributed by atoms with E-state index in [0.717, 1.165) is 18.2 Å². The number of hydrogen-bond donors (Lipinski definition) is 2. The number of anilines is 1. The molecule has 18 heavy (non-hydrogen) atoms. The number of aliphatic hydroxyl groups is 1. The second kappa shape index (κ2) is 7.28. The molecule has 102 valence electrons. The molecule has 1 rings (SSSR count). The van der Waals surface area contributed by atoms with Gasteiger partial charge in [-0.25, -0.2) is 8.78 Å². The molecule has 0 saturated heterocycles. The van der Waals surface area contributed by atoms with Crippen molar-refractivity contribution in [1.29, 1.82) is 0 Å². The van der Waals surface area contributed by atoms with Crippen molar-refractivity contribution in [3.05, 3.63) is 29.8 Å². The molecule has 0 heterocycles. The van der Waals surface area contributed by atoms with Gasteiger partial charge in [-0.15, -0.1) is 0 Å². The lowest BCUT2D eigenvalue weighted by Crippen LogP contribution is -2.26. The summed E-state index contributed by atoms with van der Waals surface area (Å²) in [7, 11) is 0. The summed E-state index contributed by atoms with van der Waals surface area (Å²) in [5.74, 6) is -0.679. The highest BCUT2D eigenvalue weighted by Gasteiger charge is 2.08. The highest BCUT2D eigenvalue weighted by Crippen LogP contribution is 2.14. The molecule has 2 N–H and O–H groups in total. The summed E-state index contributed by atoms with van der Waals surface area (Å²) in [5, 5.41) is 12.2. The second-order valence-electron chi connectivity index (χ2n) is 4.59. The van der Waals surface area contributed by atoms with Crippen molar-refractivity contribution in [2.75, 3.05) is 25.1 Å². The van der Waals surface area contributed by atoms with Crippen molar-refractivity contribution in [3.8, 4) is 0 Å². The Balaban J connectivity index is 2.33. The van der Waals surface area contributed by atoms with Crippen LogP contribution in [-0.4, -0.2) is 31.0 Å². The predicted molar refractivity (Wildman–Crippen MR) is 66.5 cm³/mol. The van der Waals surface area contributed by atoms with Gasteiger partial charge >= 0.3 is 0 Å². The van der Waals surface area contributed by atoms with E-state index in [4.69, 9.17) is 4.74 Å². The molecular formula is C13H19F2NO2. The second-order valence-corrected chi connectivity index (χ2v) is 4.59. The number of halogens is 2. The molecule has 1 atom stereocenters. The molecule has 0 aliphatic heterocycles. The molecule has 0 radical (unpaired) electrons. The fourth-order valence-electron chi connectivity index (χ4n) is 1.36. The number of nitrogens with one attached hydrogen (secondary N) is 1. The van der Waals surface area contributed by atoms with Crippen LogP contribution in [0.15, 0.2) is 18.2 Å². The van der Waals surface area contributed by atoms with Crippen LogP contribution in [0.4, 0.5) is 14.5 Å². The summed E-state index contributed by atoms with van der Waals surface area (Å²) in [4.78, 5) is 0. The van der Waals surface area contributed by atoms with Gasteiger partial charge in [0.15, 0.2) is 0 Å². The van der Waals surface area contributed by atoms with Crippen molar-refractivity contribution in [1.82, 2.24) is 0 Å². The Morgan fingerprint density at radius 3 is 2.67 bits per heavy atom. The van der Waals surface area contributed by atoms with Crippen LogP contribution in [-0.2, 0) is 4.74 Å². The van der Waals surface area contributed by atoms with Crippen LogP contribution >= 0.6 is 0 Å². The van der Waals surface area contributed by atoms with Crippen LogP contribution < -0.4 is 5.32 Å². The van der Waals surface area contributed by atoms with Gasteiger partial charge in [0.2, 0.25) is 0 Å². The Hall–Kier alpha value is -1.20. The summed E-state index contributed by atoms with van der Waals surface area (Å²) in [5.41, 5.74) is 0.0397. The number of ether oxygens (including phenoxy) is 1. The molecule has 3 nitrogen and oxygen atoms in total. The van der Waals surface area contributed by atoms with E-state index in [1.807, 2.05) is 13.8 Å². The molecule has 0 amide bonds. The Labute approximate surface area is 106 Å². The molecule has 0 spiro atoms. The zero-order valence-electron chi connectivity index (χ0n) is 10.6. The number of hydrogen-bond acceptors (Lipinski definition) is 3. The maximum Gasteiger partial charge on any atom is 0.146 e. The highest BCUT2D eigenvalue weighted by atomic mass is 19.1. The van der Waals surface area contributed by atoms with E-state index in [1.54, 1.807) is 0 Å². The molecule has 0 aliphatic carbocycles. The lowest BCUT2D eigenvalue weighted by molar-refractivity contribution is 0.0317. The molecule has 0 bridgehead atoms. The van der Waals surface area contributed by atoms with Gasteiger partial charge in [0.1, 0.15) is 11.6 Å². The van der Waals surface area contributed by atoms with Gasteiger partial charge in [-0.2, -0.15) is 0 Å². The Morgan fingerprint density at radius 2 is 2.00 bits per heavy atom. The van der Waals surface area contributed by atoms with Gasteiger partial charge in [0.05, 0.1) is 18.4 Å². The third kappa shape index (κ3) is 5.42. The molecule has 0 fully saturated rings. The summed E-state index contributed by atoms with van der Waals surface area (Å²) in [6.45, 7) is 4.85. The predicted octanol–water partition coefficient (Wildman–Crippen LogP) is 2.41. The maximum atomic E-state index is 13.2. The van der Waals surface area contributed by atoms with Crippen LogP contribution in [0.1, 0.15) is 13.8 Å². The van der Waals surface area contributed by atoms with Crippen LogP contribution in [0.25, 0.3) is 0 Å². The molecule has 1 unspecified atom stereocenters. The molecule has 1 aromatic rings. The Bertz CT molecular complexity index is 372. The molecule has 0 aliphatic rings. The third-order valence-electron chi connectivity index (χ3n) is 2.22. The van der Waals surface area contributed by atoms with Crippen molar-refractivity contribution in [2.24, 2.45) is 5.92 Å². The Kier molecular flexibility index (Phi) is 6.01. The first-order valence-corrected chi connectivity index (χ1v) is 5.93. The standard InChI is InChI=1S/C13H19F2NO2/c1-9(2)7-18-8-11(17)6-16-13-5-10(14)3-4-12(13)15/h3-5,9,11,16-17H,6-8H2,1-2H3. The molecule has 5 heteroatoms. The summed E-state index contributed by atoms with van der Waals surface area (Å²) < 4.78 is 31.3.